The summed E-state index contributed by atoms with van der Waals surface area (Å²) < 4.78 is 40.8. The Morgan fingerprint density at radius 3 is 2.33 bits per heavy atom. The molecule has 0 aliphatic heterocycles. The second kappa shape index (κ2) is 12.9. The van der Waals surface area contributed by atoms with E-state index in [4.69, 9.17) is 0 Å². The van der Waals surface area contributed by atoms with E-state index in [1.807, 2.05) is 33.8 Å². The van der Waals surface area contributed by atoms with Gasteiger partial charge in [0.2, 0.25) is 21.8 Å². The zero-order valence-corrected chi connectivity index (χ0v) is 22.9. The number of hydrogen-bond donors (Lipinski definition) is 1. The summed E-state index contributed by atoms with van der Waals surface area (Å²) in [5.74, 6) is -1.12. The van der Waals surface area contributed by atoms with Gasteiger partial charge < -0.3 is 10.2 Å². The van der Waals surface area contributed by atoms with Crippen molar-refractivity contribution in [2.45, 2.75) is 72.5 Å². The van der Waals surface area contributed by atoms with Crippen molar-refractivity contribution in [3.63, 3.8) is 0 Å². The van der Waals surface area contributed by atoms with E-state index < -0.39 is 21.9 Å². The SMILES string of the molecule is CC[C@@H](C)NC(=O)[C@@H](C)N(Cc1ccccc1F)C(=O)CCCN(c1cccc(C)c1C)S(C)(=O)=O. The average Bonchev–Trinajstić information content (AvgIpc) is 2.82. The summed E-state index contributed by atoms with van der Waals surface area (Å²) >= 11 is 0. The molecule has 0 bridgehead atoms. The first-order valence-corrected chi connectivity index (χ1v) is 14.1. The van der Waals surface area contributed by atoms with Crippen molar-refractivity contribution in [3.05, 3.63) is 65.0 Å². The Labute approximate surface area is 214 Å². The molecule has 2 aromatic carbocycles. The highest BCUT2D eigenvalue weighted by Crippen LogP contribution is 2.25. The standard InChI is InChI=1S/C27H38FN3O4S/c1-7-20(3)29-27(33)22(5)30(18-23-13-8-9-14-24(23)28)26(32)16-11-17-31(36(6,34)35)25-15-10-12-19(2)21(25)4/h8-10,12-15,20,22H,7,11,16-18H2,1-6H3,(H,29,33)/t20-,22-/m1/s1. The normalized spacial score (nSPS) is 13.1. The smallest absolute Gasteiger partial charge is 0.242 e. The molecule has 2 atom stereocenters. The zero-order chi connectivity index (χ0) is 27.0. The number of carbonyl (C=O) groups is 2. The van der Waals surface area contributed by atoms with Crippen molar-refractivity contribution in [3.8, 4) is 0 Å². The predicted molar refractivity (Wildman–Crippen MR) is 142 cm³/mol. The fourth-order valence-electron chi connectivity index (χ4n) is 3.85. The molecule has 0 aliphatic carbocycles. The lowest BCUT2D eigenvalue weighted by Gasteiger charge is -2.30. The predicted octanol–water partition coefficient (Wildman–Crippen LogP) is 4.32. The maximum Gasteiger partial charge on any atom is 0.242 e. The number of nitrogens with one attached hydrogen (secondary N) is 1. The second-order valence-corrected chi connectivity index (χ2v) is 11.2. The second-order valence-electron chi connectivity index (χ2n) is 9.26. The fraction of sp³-hybridized carbons (Fsp3) is 0.481. The van der Waals surface area contributed by atoms with Crippen LogP contribution in [0.15, 0.2) is 42.5 Å². The van der Waals surface area contributed by atoms with Crippen molar-refractivity contribution in [1.29, 1.82) is 0 Å². The maximum atomic E-state index is 14.4. The molecule has 198 valence electrons. The third kappa shape index (κ3) is 7.78. The molecule has 0 fully saturated rings. The summed E-state index contributed by atoms with van der Waals surface area (Å²) in [5.41, 5.74) is 2.71. The molecule has 0 aliphatic rings. The van der Waals surface area contributed by atoms with E-state index in [9.17, 15) is 22.4 Å². The molecule has 7 nitrogen and oxygen atoms in total. The average molecular weight is 520 g/mol. The van der Waals surface area contributed by atoms with Gasteiger partial charge in [0.15, 0.2) is 0 Å². The topological polar surface area (TPSA) is 86.8 Å². The molecule has 2 rings (SSSR count). The van der Waals surface area contributed by atoms with E-state index in [0.29, 0.717) is 11.3 Å². The molecule has 36 heavy (non-hydrogen) atoms. The summed E-state index contributed by atoms with van der Waals surface area (Å²) in [4.78, 5) is 27.5. The molecule has 0 heterocycles. The highest BCUT2D eigenvalue weighted by molar-refractivity contribution is 7.92. The number of sulfonamides is 1. The number of nitrogens with zero attached hydrogens (tertiary/aromatic N) is 2. The first-order valence-electron chi connectivity index (χ1n) is 12.2. The third-order valence-electron chi connectivity index (χ3n) is 6.46. The molecule has 0 spiro atoms. The van der Waals surface area contributed by atoms with Gasteiger partial charge in [0.25, 0.3) is 0 Å². The summed E-state index contributed by atoms with van der Waals surface area (Å²) in [6.07, 6.45) is 2.13. The minimum atomic E-state index is -3.58. The lowest BCUT2D eigenvalue weighted by atomic mass is 10.1. The number of carbonyl (C=O) groups excluding carboxylic acids is 2. The number of rotatable bonds is 12. The Balaban J connectivity index is 2.22. The van der Waals surface area contributed by atoms with E-state index in [-0.39, 0.29) is 43.8 Å². The lowest BCUT2D eigenvalue weighted by molar-refractivity contribution is -0.141. The Hall–Kier alpha value is -2.94. The zero-order valence-electron chi connectivity index (χ0n) is 22.0. The quantitative estimate of drug-likeness (QED) is 0.453. The first-order chi connectivity index (χ1) is 16.9. The van der Waals surface area contributed by atoms with E-state index >= 15 is 0 Å². The summed E-state index contributed by atoms with van der Waals surface area (Å²) in [7, 11) is -3.58. The highest BCUT2D eigenvalue weighted by atomic mass is 32.2. The number of halogens is 1. The first kappa shape index (κ1) is 29.3. The highest BCUT2D eigenvalue weighted by Gasteiger charge is 2.28. The Morgan fingerprint density at radius 2 is 1.72 bits per heavy atom. The van der Waals surface area contributed by atoms with Crippen LogP contribution in [0.4, 0.5) is 10.1 Å². The molecule has 0 unspecified atom stereocenters. The van der Waals surface area contributed by atoms with Gasteiger partial charge in [-0.05, 0) is 63.8 Å². The van der Waals surface area contributed by atoms with E-state index in [0.717, 1.165) is 23.8 Å². The number of hydrogen-bond acceptors (Lipinski definition) is 4. The van der Waals surface area contributed by atoms with Gasteiger partial charge >= 0.3 is 0 Å². The summed E-state index contributed by atoms with van der Waals surface area (Å²) in [6, 6.07) is 10.7. The van der Waals surface area contributed by atoms with Crippen LogP contribution in [0.25, 0.3) is 0 Å². The third-order valence-corrected chi connectivity index (χ3v) is 7.64. The molecule has 0 radical (unpaired) electrons. The number of aryl methyl sites for hydroxylation is 1. The molecule has 0 saturated heterocycles. The van der Waals surface area contributed by atoms with Crippen LogP contribution in [0.2, 0.25) is 0 Å². The molecular formula is C27H38FN3O4S. The van der Waals surface area contributed by atoms with Crippen molar-refractivity contribution >= 4 is 27.5 Å². The van der Waals surface area contributed by atoms with Gasteiger partial charge in [-0.25, -0.2) is 12.8 Å². The van der Waals surface area contributed by atoms with Crippen LogP contribution in [0.1, 0.15) is 56.7 Å². The Bertz CT molecular complexity index is 1170. The van der Waals surface area contributed by atoms with Crippen LogP contribution >= 0.6 is 0 Å². The van der Waals surface area contributed by atoms with Gasteiger partial charge in [0.1, 0.15) is 11.9 Å². The number of anilines is 1. The monoisotopic (exact) mass is 519 g/mol. The van der Waals surface area contributed by atoms with Crippen LogP contribution in [-0.2, 0) is 26.2 Å². The largest absolute Gasteiger partial charge is 0.352 e. The number of benzene rings is 2. The van der Waals surface area contributed by atoms with Crippen molar-refractivity contribution in [2.24, 2.45) is 0 Å². The molecule has 0 aromatic heterocycles. The van der Waals surface area contributed by atoms with Gasteiger partial charge in [0, 0.05) is 31.1 Å². The Kier molecular flexibility index (Phi) is 10.5. The summed E-state index contributed by atoms with van der Waals surface area (Å²) in [6.45, 7) is 9.26. The van der Waals surface area contributed by atoms with Gasteiger partial charge in [0.05, 0.1) is 11.9 Å². The van der Waals surface area contributed by atoms with Crippen LogP contribution in [0.3, 0.4) is 0 Å². The lowest BCUT2D eigenvalue weighted by Crippen LogP contribution is -2.49. The van der Waals surface area contributed by atoms with Gasteiger partial charge in [-0.1, -0.05) is 37.3 Å². The van der Waals surface area contributed by atoms with Crippen LogP contribution in [0.5, 0.6) is 0 Å². The minimum absolute atomic E-state index is 0.00624. The van der Waals surface area contributed by atoms with Crippen LogP contribution in [0, 0.1) is 19.7 Å². The van der Waals surface area contributed by atoms with Crippen LogP contribution in [-0.4, -0.2) is 50.0 Å². The molecule has 2 amide bonds. The van der Waals surface area contributed by atoms with Gasteiger partial charge in [-0.3, -0.25) is 13.9 Å². The van der Waals surface area contributed by atoms with Crippen molar-refractivity contribution in [2.75, 3.05) is 17.1 Å². The minimum Gasteiger partial charge on any atom is -0.352 e. The Morgan fingerprint density at radius 1 is 1.06 bits per heavy atom. The molecule has 9 heteroatoms. The van der Waals surface area contributed by atoms with Gasteiger partial charge in [-0.2, -0.15) is 0 Å². The van der Waals surface area contributed by atoms with Crippen molar-refractivity contribution in [1.82, 2.24) is 10.2 Å². The van der Waals surface area contributed by atoms with E-state index in [2.05, 4.69) is 5.32 Å². The number of amides is 2. The van der Waals surface area contributed by atoms with E-state index in [1.54, 1.807) is 37.3 Å². The molecule has 0 saturated carbocycles. The maximum absolute atomic E-state index is 14.4. The molecule has 2 aromatic rings. The van der Waals surface area contributed by atoms with Crippen molar-refractivity contribution < 1.29 is 22.4 Å². The molecular weight excluding hydrogens is 481 g/mol. The summed E-state index contributed by atoms with van der Waals surface area (Å²) in [5, 5.41) is 2.88. The molecule has 1 N–H and O–H groups in total. The van der Waals surface area contributed by atoms with Gasteiger partial charge in [-0.15, -0.1) is 0 Å². The fourth-order valence-corrected chi connectivity index (χ4v) is 4.86. The van der Waals surface area contributed by atoms with E-state index in [1.165, 1.54) is 15.3 Å². The van der Waals surface area contributed by atoms with Crippen LogP contribution < -0.4 is 9.62 Å².